The molecule has 2 aromatic heterocycles. The first-order chi connectivity index (χ1) is 21.2. The van der Waals surface area contributed by atoms with Crippen LogP contribution in [-0.2, 0) is 30.3 Å². The van der Waals surface area contributed by atoms with Gasteiger partial charge in [0.15, 0.2) is 0 Å². The van der Waals surface area contributed by atoms with Gasteiger partial charge in [-0.15, -0.1) is 0 Å². The predicted molar refractivity (Wildman–Crippen MR) is 169 cm³/mol. The zero-order valence-electron chi connectivity index (χ0n) is 27.1. The third kappa shape index (κ3) is 6.71. The molecule has 2 heterocycles. The lowest BCUT2D eigenvalue weighted by atomic mass is 9.67. The number of aliphatic hydroxyl groups is 1. The summed E-state index contributed by atoms with van der Waals surface area (Å²) in [6.45, 7) is 11.6. The fraction of sp³-hybridized carbons (Fsp3) is 0.485. The maximum Gasteiger partial charge on any atom is 0.408 e. The highest BCUT2D eigenvalue weighted by Gasteiger charge is 2.46. The Morgan fingerprint density at radius 2 is 1.84 bits per heavy atom. The SMILES string of the molecule is CCn1c2c(c3cc(C(=N)NC(=O)C[C@H](NC(=O)OC(C)(C)C)C(=O)OC)ccc31)C(C(C)(C)CO)[C@H](OC)c1ncccc1-2. The Morgan fingerprint density at radius 3 is 2.44 bits per heavy atom. The average Bonchev–Trinajstić information content (AvgIpc) is 3.31. The molecule has 1 aliphatic carbocycles. The van der Waals surface area contributed by atoms with Crippen LogP contribution in [0.3, 0.4) is 0 Å². The molecular formula is C33H43N5O7. The topological polar surface area (TPSA) is 165 Å². The van der Waals surface area contributed by atoms with Gasteiger partial charge in [-0.1, -0.05) is 13.8 Å². The third-order valence-electron chi connectivity index (χ3n) is 8.02. The smallest absolute Gasteiger partial charge is 0.408 e. The van der Waals surface area contributed by atoms with E-state index in [1.54, 1.807) is 40.1 Å². The number of hydrogen-bond acceptors (Lipinski definition) is 9. The van der Waals surface area contributed by atoms with E-state index in [2.05, 4.69) is 22.1 Å². The van der Waals surface area contributed by atoms with Gasteiger partial charge in [0.1, 0.15) is 23.6 Å². The second kappa shape index (κ2) is 13.0. The first kappa shape index (κ1) is 33.6. The van der Waals surface area contributed by atoms with Gasteiger partial charge in [-0.2, -0.15) is 0 Å². The van der Waals surface area contributed by atoms with E-state index in [1.165, 1.54) is 0 Å². The molecule has 2 amide bonds. The van der Waals surface area contributed by atoms with Crippen molar-refractivity contribution in [2.75, 3.05) is 20.8 Å². The van der Waals surface area contributed by atoms with Crippen LogP contribution in [0.15, 0.2) is 36.5 Å². The zero-order chi connectivity index (χ0) is 33.3. The van der Waals surface area contributed by atoms with E-state index in [0.29, 0.717) is 12.1 Å². The van der Waals surface area contributed by atoms with Crippen LogP contribution in [-0.4, -0.2) is 70.9 Å². The summed E-state index contributed by atoms with van der Waals surface area (Å²) in [4.78, 5) is 42.3. The van der Waals surface area contributed by atoms with Crippen LogP contribution < -0.4 is 10.6 Å². The molecule has 242 valence electrons. The van der Waals surface area contributed by atoms with Crippen LogP contribution in [0.4, 0.5) is 4.79 Å². The number of methoxy groups -OCH3 is 2. The van der Waals surface area contributed by atoms with Crippen molar-refractivity contribution in [3.05, 3.63) is 53.3 Å². The number of rotatable bonds is 9. The fourth-order valence-corrected chi connectivity index (χ4v) is 6.00. The van der Waals surface area contributed by atoms with Crippen LogP contribution in [0.25, 0.3) is 22.2 Å². The highest BCUT2D eigenvalue weighted by atomic mass is 16.6. The number of amides is 2. The third-order valence-corrected chi connectivity index (χ3v) is 8.02. The van der Waals surface area contributed by atoms with Crippen molar-refractivity contribution >= 4 is 34.7 Å². The number of esters is 1. The summed E-state index contributed by atoms with van der Waals surface area (Å²) >= 11 is 0. The normalized spacial score (nSPS) is 16.7. The van der Waals surface area contributed by atoms with Crippen molar-refractivity contribution in [3.63, 3.8) is 0 Å². The summed E-state index contributed by atoms with van der Waals surface area (Å²) in [7, 11) is 2.79. The standard InChI is InChI=1S/C33H43N5O7/c1-9-38-22-13-12-18(29(34)37-23(40)16-21(30(41)44-8)36-31(42)45-32(2,3)4)15-20(22)24-25(33(5,6)17-39)28(43-7)26-19(27(24)38)11-10-14-35-26/h10-15,21,25,28,39H,9,16-17H2,1-8H3,(H,36,42)(H2,34,37,40)/t21-,25?,28-/m0/s1. The van der Waals surface area contributed by atoms with Gasteiger partial charge in [0, 0.05) is 54.4 Å². The van der Waals surface area contributed by atoms with Crippen LogP contribution in [0.1, 0.15) is 76.8 Å². The Bertz CT molecular complexity index is 1620. The lowest BCUT2D eigenvalue weighted by molar-refractivity contribution is -0.144. The molecule has 0 saturated heterocycles. The predicted octanol–water partition coefficient (Wildman–Crippen LogP) is 4.42. The van der Waals surface area contributed by atoms with E-state index in [-0.39, 0.29) is 18.4 Å². The molecule has 1 aromatic carbocycles. The van der Waals surface area contributed by atoms with Gasteiger partial charge in [-0.25, -0.2) is 9.59 Å². The van der Waals surface area contributed by atoms with E-state index in [4.69, 9.17) is 24.6 Å². The Hall–Kier alpha value is -4.29. The second-order valence-corrected chi connectivity index (χ2v) is 12.8. The number of fused-ring (bicyclic) bond motifs is 5. The van der Waals surface area contributed by atoms with Crippen LogP contribution in [0, 0.1) is 10.8 Å². The van der Waals surface area contributed by atoms with Crippen LogP contribution in [0.5, 0.6) is 0 Å². The average molecular weight is 622 g/mol. The van der Waals surface area contributed by atoms with E-state index in [0.717, 1.165) is 40.5 Å². The van der Waals surface area contributed by atoms with Crippen molar-refractivity contribution in [2.24, 2.45) is 5.41 Å². The molecule has 0 bridgehead atoms. The molecule has 0 saturated carbocycles. The number of hydrogen-bond donors (Lipinski definition) is 4. The summed E-state index contributed by atoms with van der Waals surface area (Å²) in [6, 6.07) is 8.12. The highest BCUT2D eigenvalue weighted by Crippen LogP contribution is 2.56. The van der Waals surface area contributed by atoms with Crippen molar-refractivity contribution in [2.45, 2.75) is 78.2 Å². The first-order valence-corrected chi connectivity index (χ1v) is 14.9. The molecule has 1 aliphatic rings. The van der Waals surface area contributed by atoms with Gasteiger partial charge in [-0.05, 0) is 69.0 Å². The van der Waals surface area contributed by atoms with Crippen LogP contribution in [0.2, 0.25) is 0 Å². The van der Waals surface area contributed by atoms with Gasteiger partial charge < -0.3 is 34.5 Å². The Balaban J connectivity index is 1.72. The molecule has 4 rings (SSSR count). The summed E-state index contributed by atoms with van der Waals surface area (Å²) in [6.07, 6.45) is -0.0250. The minimum absolute atomic E-state index is 0.0950. The summed E-state index contributed by atoms with van der Waals surface area (Å²) in [5.74, 6) is -1.95. The Kier molecular flexibility index (Phi) is 9.69. The van der Waals surface area contributed by atoms with Gasteiger partial charge >= 0.3 is 12.1 Å². The number of nitrogens with one attached hydrogen (secondary N) is 3. The fourth-order valence-electron chi connectivity index (χ4n) is 6.00. The number of nitrogens with zero attached hydrogens (tertiary/aromatic N) is 2. The lowest BCUT2D eigenvalue weighted by Crippen LogP contribution is -2.47. The number of aliphatic hydroxyl groups excluding tert-OH is 1. The number of pyridine rings is 1. The molecule has 0 spiro atoms. The largest absolute Gasteiger partial charge is 0.467 e. The van der Waals surface area contributed by atoms with Crippen molar-refractivity contribution < 1.29 is 33.7 Å². The molecule has 3 aromatic rings. The number of ether oxygens (including phenoxy) is 3. The molecule has 12 nitrogen and oxygen atoms in total. The van der Waals surface area contributed by atoms with E-state index in [1.807, 2.05) is 38.1 Å². The highest BCUT2D eigenvalue weighted by molar-refractivity contribution is 6.09. The zero-order valence-corrected chi connectivity index (χ0v) is 27.1. The van der Waals surface area contributed by atoms with E-state index < -0.39 is 47.6 Å². The maximum absolute atomic E-state index is 13.0. The number of amidine groups is 1. The molecule has 1 unspecified atom stereocenters. The van der Waals surface area contributed by atoms with Crippen molar-refractivity contribution in [1.82, 2.24) is 20.2 Å². The summed E-state index contributed by atoms with van der Waals surface area (Å²) in [5.41, 5.74) is 3.67. The number of aromatic nitrogens is 2. The molecule has 0 radical (unpaired) electrons. The minimum Gasteiger partial charge on any atom is -0.467 e. The molecule has 12 heteroatoms. The maximum atomic E-state index is 13.0. The van der Waals surface area contributed by atoms with Gasteiger partial charge in [-0.3, -0.25) is 15.2 Å². The molecule has 45 heavy (non-hydrogen) atoms. The number of aryl methyl sites for hydroxylation is 1. The quantitative estimate of drug-likeness (QED) is 0.155. The van der Waals surface area contributed by atoms with Crippen LogP contribution >= 0.6 is 0 Å². The van der Waals surface area contributed by atoms with Gasteiger partial charge in [0.2, 0.25) is 5.91 Å². The van der Waals surface area contributed by atoms with Crippen molar-refractivity contribution in [3.8, 4) is 11.3 Å². The van der Waals surface area contributed by atoms with Gasteiger partial charge in [0.05, 0.1) is 24.9 Å². The molecule has 0 aliphatic heterocycles. The number of alkyl carbamates (subject to hydrolysis) is 1. The number of benzene rings is 1. The number of carbonyl (C=O) groups is 3. The summed E-state index contributed by atoms with van der Waals surface area (Å²) < 4.78 is 18.2. The molecule has 4 N–H and O–H groups in total. The van der Waals surface area contributed by atoms with Gasteiger partial charge in [0.25, 0.3) is 0 Å². The monoisotopic (exact) mass is 621 g/mol. The molecule has 0 fully saturated rings. The molecular weight excluding hydrogens is 578 g/mol. The lowest BCUT2D eigenvalue weighted by Gasteiger charge is -2.41. The Labute approximate surface area is 263 Å². The summed E-state index contributed by atoms with van der Waals surface area (Å²) in [5, 5.41) is 25.0. The molecule has 3 atom stereocenters. The van der Waals surface area contributed by atoms with E-state index in [9.17, 15) is 19.5 Å². The second-order valence-electron chi connectivity index (χ2n) is 12.8. The van der Waals surface area contributed by atoms with Crippen molar-refractivity contribution in [1.29, 1.82) is 5.41 Å². The minimum atomic E-state index is -1.31. The van der Waals surface area contributed by atoms with E-state index >= 15 is 0 Å². The Morgan fingerprint density at radius 1 is 1.13 bits per heavy atom. The first-order valence-electron chi connectivity index (χ1n) is 14.9. The number of carbonyl (C=O) groups excluding carboxylic acids is 3.